The molecule has 12 nitrogen and oxygen atoms in total. The average Bonchev–Trinajstić information content (AvgIpc) is 2.97. The number of hydrogen-bond acceptors (Lipinski definition) is 7. The highest BCUT2D eigenvalue weighted by molar-refractivity contribution is 5.96. The maximum atomic E-state index is 13.2. The van der Waals surface area contributed by atoms with Crippen LogP contribution in [0.3, 0.4) is 0 Å². The summed E-state index contributed by atoms with van der Waals surface area (Å²) in [6, 6.07) is 12.1. The molecule has 3 aromatic rings. The van der Waals surface area contributed by atoms with Crippen molar-refractivity contribution in [2.75, 3.05) is 26.7 Å². The Bertz CT molecular complexity index is 1650. The summed E-state index contributed by atoms with van der Waals surface area (Å²) < 4.78 is 13.3. The van der Waals surface area contributed by atoms with E-state index in [1.807, 2.05) is 31.2 Å². The molecule has 0 saturated carbocycles. The molecule has 2 aromatic carbocycles. The molecule has 4 bridgehead atoms. The quantitative estimate of drug-likeness (QED) is 0.466. The van der Waals surface area contributed by atoms with Crippen LogP contribution in [0.25, 0.3) is 0 Å². The van der Waals surface area contributed by atoms with E-state index in [9.17, 15) is 24.0 Å². The van der Waals surface area contributed by atoms with E-state index >= 15 is 0 Å². The summed E-state index contributed by atoms with van der Waals surface area (Å²) in [4.78, 5) is 69.0. The molecule has 2 aliphatic rings. The van der Waals surface area contributed by atoms with Gasteiger partial charge < -0.3 is 29.6 Å². The molecule has 3 amide bonds. The van der Waals surface area contributed by atoms with Crippen molar-refractivity contribution in [1.29, 1.82) is 0 Å². The van der Waals surface area contributed by atoms with Crippen LogP contribution >= 0.6 is 0 Å². The molecule has 220 valence electrons. The van der Waals surface area contributed by atoms with Crippen LogP contribution in [0.15, 0.2) is 58.3 Å². The van der Waals surface area contributed by atoms with Crippen molar-refractivity contribution < 1.29 is 23.9 Å². The number of amides is 3. The number of likely N-dealkylation sites (N-methyl/N-ethyl adjacent to an activating group) is 1. The maximum absolute atomic E-state index is 13.2. The number of aromatic amines is 1. The highest BCUT2D eigenvalue weighted by Crippen LogP contribution is 2.28. The summed E-state index contributed by atoms with van der Waals surface area (Å²) in [5.41, 5.74) is 1.18. The molecule has 0 unspecified atom stereocenters. The molecular weight excluding hydrogens is 542 g/mol. The predicted molar refractivity (Wildman–Crippen MR) is 152 cm³/mol. The zero-order valence-electron chi connectivity index (χ0n) is 23.7. The minimum Gasteiger partial charge on any atom is -0.457 e. The number of rotatable bonds is 2. The Kier molecular flexibility index (Phi) is 8.25. The zero-order valence-corrected chi connectivity index (χ0v) is 23.7. The lowest BCUT2D eigenvalue weighted by Crippen LogP contribution is -2.58. The normalized spacial score (nSPS) is 19.5. The molecule has 2 N–H and O–H groups in total. The second kappa shape index (κ2) is 12.0. The first-order valence-electron chi connectivity index (χ1n) is 13.7. The van der Waals surface area contributed by atoms with E-state index in [0.717, 1.165) is 15.7 Å². The van der Waals surface area contributed by atoms with Crippen molar-refractivity contribution in [1.82, 2.24) is 24.7 Å². The number of carbonyl (C=O) groups is 3. The summed E-state index contributed by atoms with van der Waals surface area (Å²) in [7, 11) is 2.89. The fourth-order valence-electron chi connectivity index (χ4n) is 5.14. The van der Waals surface area contributed by atoms with Crippen LogP contribution in [0.2, 0.25) is 0 Å². The van der Waals surface area contributed by atoms with Crippen LogP contribution in [0.5, 0.6) is 11.5 Å². The first-order valence-corrected chi connectivity index (χ1v) is 13.7. The lowest BCUT2D eigenvalue weighted by atomic mass is 10.0. The standard InChI is InChI=1S/C30H33N5O7/c1-18-7-8-20-12-25(18)42-22-6-4-5-19(11-22)17-41-24-9-10-35(15-23(24)32-26(36)16-33(2)28(20)38)27(37)13-21-14-31-30(40)34(3)29(21)39/h4-8,11-12,14,23-24H,9-10,13,15-17H2,1-3H3,(H,31,40)(H,32,36)/t23-,24+/m0/s1. The Labute approximate surface area is 241 Å². The minimum absolute atomic E-state index is 0.154. The fourth-order valence-corrected chi connectivity index (χ4v) is 5.14. The van der Waals surface area contributed by atoms with Crippen molar-refractivity contribution in [2.45, 2.75) is 38.5 Å². The summed E-state index contributed by atoms with van der Waals surface area (Å²) in [5, 5.41) is 2.96. The van der Waals surface area contributed by atoms with Crippen molar-refractivity contribution in [3.63, 3.8) is 0 Å². The van der Waals surface area contributed by atoms with E-state index in [-0.39, 0.29) is 43.5 Å². The van der Waals surface area contributed by atoms with Gasteiger partial charge in [-0.1, -0.05) is 18.2 Å². The van der Waals surface area contributed by atoms with Crippen LogP contribution in [0, 0.1) is 6.92 Å². The molecule has 1 fully saturated rings. The van der Waals surface area contributed by atoms with E-state index in [1.54, 1.807) is 30.1 Å². The maximum Gasteiger partial charge on any atom is 0.328 e. The summed E-state index contributed by atoms with van der Waals surface area (Å²) in [6.45, 7) is 2.46. The molecule has 5 rings (SSSR count). The second-order valence-corrected chi connectivity index (χ2v) is 10.7. The number of likely N-dealkylation sites (tertiary alicyclic amines) is 1. The third kappa shape index (κ3) is 6.28. The van der Waals surface area contributed by atoms with E-state index in [0.29, 0.717) is 30.0 Å². The molecule has 2 atom stereocenters. The average molecular weight is 576 g/mol. The topological polar surface area (TPSA) is 143 Å². The Hall–Kier alpha value is -4.71. The molecule has 1 saturated heterocycles. The Morgan fingerprint density at radius 3 is 2.69 bits per heavy atom. The number of aromatic nitrogens is 2. The molecule has 0 radical (unpaired) electrons. The number of hydrogen-bond donors (Lipinski definition) is 2. The molecule has 0 aliphatic carbocycles. The number of fused-ring (bicyclic) bond motifs is 5. The number of nitrogens with one attached hydrogen (secondary N) is 2. The summed E-state index contributed by atoms with van der Waals surface area (Å²) in [5.74, 6) is 0.0902. The second-order valence-electron chi connectivity index (χ2n) is 10.7. The lowest BCUT2D eigenvalue weighted by molar-refractivity contribution is -0.136. The summed E-state index contributed by atoms with van der Waals surface area (Å²) >= 11 is 0. The molecule has 42 heavy (non-hydrogen) atoms. The van der Waals surface area contributed by atoms with Gasteiger partial charge in [0.05, 0.1) is 31.7 Å². The number of H-pyrrole nitrogens is 1. The number of ether oxygens (including phenoxy) is 2. The van der Waals surface area contributed by atoms with E-state index in [1.165, 1.54) is 18.1 Å². The van der Waals surface area contributed by atoms with Gasteiger partial charge in [-0.3, -0.25) is 23.7 Å². The SMILES string of the molecule is Cc1ccc2cc1Oc1cccc(c1)CO[C@@H]1CCN(C(=O)Cc3c[nH]c(=O)n(C)c3=O)C[C@@H]1NC(=O)CN(C)C2=O. The predicted octanol–water partition coefficient (Wildman–Crippen LogP) is 1.10. The minimum atomic E-state index is -0.564. The molecular formula is C30H33N5O7. The van der Waals surface area contributed by atoms with Gasteiger partial charge >= 0.3 is 5.69 Å². The molecule has 2 aliphatic heterocycles. The van der Waals surface area contributed by atoms with Gasteiger partial charge in [-0.15, -0.1) is 0 Å². The molecule has 1 aromatic heterocycles. The van der Waals surface area contributed by atoms with Gasteiger partial charge in [-0.2, -0.15) is 0 Å². The summed E-state index contributed by atoms with van der Waals surface area (Å²) in [6.07, 6.45) is 1.09. The van der Waals surface area contributed by atoms with E-state index in [2.05, 4.69) is 10.3 Å². The van der Waals surface area contributed by atoms with Gasteiger partial charge in [-0.05, 0) is 48.7 Å². The Morgan fingerprint density at radius 1 is 1.07 bits per heavy atom. The van der Waals surface area contributed by atoms with Crippen LogP contribution in [-0.2, 0) is 34.4 Å². The lowest BCUT2D eigenvalue weighted by Gasteiger charge is -2.39. The first-order chi connectivity index (χ1) is 20.1. The Morgan fingerprint density at radius 2 is 1.88 bits per heavy atom. The highest BCUT2D eigenvalue weighted by atomic mass is 16.5. The van der Waals surface area contributed by atoms with Crippen LogP contribution in [-0.4, -0.2) is 75.9 Å². The molecule has 0 spiro atoms. The largest absolute Gasteiger partial charge is 0.457 e. The number of aryl methyl sites for hydroxylation is 1. The molecule has 12 heteroatoms. The van der Waals surface area contributed by atoms with Gasteiger partial charge in [0.2, 0.25) is 11.8 Å². The highest BCUT2D eigenvalue weighted by Gasteiger charge is 2.34. The van der Waals surface area contributed by atoms with E-state index in [4.69, 9.17) is 9.47 Å². The van der Waals surface area contributed by atoms with Gasteiger partial charge in [0.25, 0.3) is 11.5 Å². The smallest absolute Gasteiger partial charge is 0.328 e. The van der Waals surface area contributed by atoms with Crippen molar-refractivity contribution in [2.24, 2.45) is 7.05 Å². The van der Waals surface area contributed by atoms with Crippen molar-refractivity contribution in [3.8, 4) is 11.5 Å². The fraction of sp³-hybridized carbons (Fsp3) is 0.367. The zero-order chi connectivity index (χ0) is 30.0. The van der Waals surface area contributed by atoms with Gasteiger partial charge in [0, 0.05) is 44.5 Å². The Balaban J connectivity index is 1.38. The van der Waals surface area contributed by atoms with Crippen LogP contribution in [0.4, 0.5) is 0 Å². The van der Waals surface area contributed by atoms with Crippen LogP contribution < -0.4 is 21.3 Å². The number of benzene rings is 2. The van der Waals surface area contributed by atoms with Gasteiger partial charge in [0.15, 0.2) is 0 Å². The monoisotopic (exact) mass is 575 g/mol. The number of piperidine rings is 1. The number of nitrogens with zero attached hydrogens (tertiary/aromatic N) is 3. The van der Waals surface area contributed by atoms with Crippen molar-refractivity contribution >= 4 is 17.7 Å². The van der Waals surface area contributed by atoms with Crippen molar-refractivity contribution in [3.05, 3.63) is 91.8 Å². The number of carbonyl (C=O) groups excluding carboxylic acids is 3. The third-order valence-electron chi connectivity index (χ3n) is 7.60. The first kappa shape index (κ1) is 28.8. The third-order valence-corrected chi connectivity index (χ3v) is 7.60. The van der Waals surface area contributed by atoms with Gasteiger partial charge in [-0.25, -0.2) is 4.79 Å². The van der Waals surface area contributed by atoms with Crippen LogP contribution in [0.1, 0.15) is 33.5 Å². The molecule has 3 heterocycles. The van der Waals surface area contributed by atoms with Gasteiger partial charge in [0.1, 0.15) is 11.5 Å². The van der Waals surface area contributed by atoms with E-state index < -0.39 is 29.3 Å².